The number of carbonyl (C=O) groups is 4. The number of ether oxygens (including phenoxy) is 7. The van der Waals surface area contributed by atoms with E-state index in [2.05, 4.69) is 13.2 Å². The summed E-state index contributed by atoms with van der Waals surface area (Å²) in [5.41, 5.74) is 0.688. The minimum Gasteiger partial charge on any atom is -0.460 e. The van der Waals surface area contributed by atoms with Crippen molar-refractivity contribution < 1.29 is 52.3 Å². The van der Waals surface area contributed by atoms with Crippen LogP contribution in [0.25, 0.3) is 0 Å². The molecule has 0 aromatic heterocycles. The zero-order valence-electron chi connectivity index (χ0n) is 25.3. The van der Waals surface area contributed by atoms with Gasteiger partial charge < -0.3 is 33.2 Å². The zero-order valence-corrected chi connectivity index (χ0v) is 25.3. The quantitative estimate of drug-likeness (QED) is 0.0901. The number of cyclic esters (lactones) is 2. The van der Waals surface area contributed by atoms with Gasteiger partial charge in [0, 0.05) is 11.1 Å². The normalized spacial score (nSPS) is 23.9. The van der Waals surface area contributed by atoms with Crippen molar-refractivity contribution in [2.24, 2.45) is 11.8 Å². The summed E-state index contributed by atoms with van der Waals surface area (Å²) in [6, 6.07) is 14.9. The van der Waals surface area contributed by atoms with Gasteiger partial charge in [0.25, 0.3) is 0 Å². The molecule has 1 saturated heterocycles. The molecule has 1 heterocycles. The molecule has 0 saturated carbocycles. The van der Waals surface area contributed by atoms with Crippen LogP contribution >= 0.6 is 0 Å². The van der Waals surface area contributed by atoms with Crippen molar-refractivity contribution in [2.45, 2.75) is 25.0 Å². The van der Waals surface area contributed by atoms with E-state index in [0.29, 0.717) is 33.4 Å². The molecule has 11 heteroatoms. The van der Waals surface area contributed by atoms with Crippen molar-refractivity contribution in [3.8, 4) is 0 Å². The van der Waals surface area contributed by atoms with Gasteiger partial charge >= 0.3 is 23.9 Å². The molecule has 3 aliphatic carbocycles. The minimum absolute atomic E-state index is 0.0528. The molecule has 1 aliphatic heterocycles. The van der Waals surface area contributed by atoms with Crippen LogP contribution in [0.5, 0.6) is 0 Å². The molecule has 0 N–H and O–H groups in total. The highest BCUT2D eigenvalue weighted by Crippen LogP contribution is 2.67. The van der Waals surface area contributed by atoms with E-state index in [9.17, 15) is 19.2 Å². The van der Waals surface area contributed by atoms with Crippen LogP contribution in [-0.2, 0) is 63.5 Å². The third kappa shape index (κ3) is 5.72. The molecular formula is C34H36O11. The summed E-state index contributed by atoms with van der Waals surface area (Å²) in [4.78, 5) is 50.2. The zero-order chi connectivity index (χ0) is 32.2. The lowest BCUT2D eigenvalue weighted by atomic mass is 9.50. The Bertz CT molecular complexity index is 1350. The summed E-state index contributed by atoms with van der Waals surface area (Å²) in [5, 5.41) is 0. The van der Waals surface area contributed by atoms with Gasteiger partial charge in [-0.1, -0.05) is 61.7 Å². The van der Waals surface area contributed by atoms with Crippen LogP contribution < -0.4 is 0 Å². The Morgan fingerprint density at radius 1 is 0.622 bits per heavy atom. The highest BCUT2D eigenvalue weighted by Gasteiger charge is 2.74. The van der Waals surface area contributed by atoms with E-state index in [4.69, 9.17) is 33.2 Å². The molecule has 2 aromatic rings. The minimum atomic E-state index is -1.34. The fourth-order valence-corrected chi connectivity index (χ4v) is 6.37. The first-order valence-corrected chi connectivity index (χ1v) is 14.7. The SMILES string of the molecule is C=C(C)C(=O)OCCOCCOC12c3ccccc3C(OCCOCCOC(=O)C(=C)C)(c3ccccc31)C1C(=O)OC(=O)C12. The van der Waals surface area contributed by atoms with Crippen molar-refractivity contribution in [3.63, 3.8) is 0 Å². The first kappa shape index (κ1) is 32.2. The van der Waals surface area contributed by atoms with Crippen LogP contribution in [0.1, 0.15) is 36.1 Å². The van der Waals surface area contributed by atoms with Gasteiger partial charge in [-0.2, -0.15) is 0 Å². The van der Waals surface area contributed by atoms with Crippen molar-refractivity contribution >= 4 is 23.9 Å². The predicted molar refractivity (Wildman–Crippen MR) is 158 cm³/mol. The average molecular weight is 621 g/mol. The second-order valence-electron chi connectivity index (χ2n) is 11.0. The van der Waals surface area contributed by atoms with Crippen LogP contribution in [0.15, 0.2) is 72.8 Å². The molecule has 6 rings (SSSR count). The van der Waals surface area contributed by atoms with Crippen molar-refractivity contribution in [2.75, 3.05) is 52.9 Å². The lowest BCUT2D eigenvalue weighted by Crippen LogP contribution is -2.63. The molecule has 0 radical (unpaired) electrons. The van der Waals surface area contributed by atoms with Gasteiger partial charge in [0.15, 0.2) is 0 Å². The molecule has 0 spiro atoms. The molecule has 45 heavy (non-hydrogen) atoms. The third-order valence-corrected chi connectivity index (χ3v) is 8.11. The summed E-state index contributed by atoms with van der Waals surface area (Å²) in [7, 11) is 0. The number of hydrogen-bond acceptors (Lipinski definition) is 11. The van der Waals surface area contributed by atoms with E-state index in [-0.39, 0.29) is 52.9 Å². The lowest BCUT2D eigenvalue weighted by Gasteiger charge is -2.58. The largest absolute Gasteiger partial charge is 0.460 e. The Labute approximate surface area is 261 Å². The summed E-state index contributed by atoms with van der Waals surface area (Å²) in [6.07, 6.45) is 0. The van der Waals surface area contributed by atoms with Crippen LogP contribution in [0.2, 0.25) is 0 Å². The Kier molecular flexibility index (Phi) is 9.64. The molecule has 11 nitrogen and oxygen atoms in total. The van der Waals surface area contributed by atoms with Crippen LogP contribution in [0.3, 0.4) is 0 Å². The van der Waals surface area contributed by atoms with Gasteiger partial charge in [0.1, 0.15) is 36.3 Å². The molecule has 0 amide bonds. The Balaban J connectivity index is 1.38. The maximum atomic E-state index is 13.5. The van der Waals surface area contributed by atoms with Crippen LogP contribution in [-0.4, -0.2) is 76.7 Å². The Hall–Kier alpha value is -4.16. The molecule has 1 fully saturated rings. The van der Waals surface area contributed by atoms with E-state index in [0.717, 1.165) is 0 Å². The van der Waals surface area contributed by atoms with E-state index in [1.165, 1.54) is 0 Å². The predicted octanol–water partition coefficient (Wildman–Crippen LogP) is 3.12. The van der Waals surface area contributed by atoms with Gasteiger partial charge in [-0.05, 0) is 36.1 Å². The average Bonchev–Trinajstić information content (AvgIpc) is 3.35. The highest BCUT2D eigenvalue weighted by molar-refractivity contribution is 6.01. The second kappa shape index (κ2) is 13.5. The molecule has 2 bridgehead atoms. The number of carbonyl (C=O) groups excluding carboxylic acids is 4. The Morgan fingerprint density at radius 3 is 1.29 bits per heavy atom. The summed E-state index contributed by atoms with van der Waals surface area (Å²) < 4.78 is 40.0. The van der Waals surface area contributed by atoms with E-state index in [1.807, 2.05) is 48.5 Å². The topological polar surface area (TPSA) is 133 Å². The number of rotatable bonds is 16. The van der Waals surface area contributed by atoms with Crippen LogP contribution in [0.4, 0.5) is 0 Å². The molecule has 238 valence electrons. The molecular weight excluding hydrogens is 584 g/mol. The lowest BCUT2D eigenvalue weighted by molar-refractivity contribution is -0.182. The van der Waals surface area contributed by atoms with Crippen LogP contribution in [0, 0.1) is 11.8 Å². The van der Waals surface area contributed by atoms with Gasteiger partial charge in [-0.15, -0.1) is 0 Å². The summed E-state index contributed by atoms with van der Waals surface area (Å²) in [6.45, 7) is 11.0. The molecule has 2 atom stereocenters. The van der Waals surface area contributed by atoms with E-state index >= 15 is 0 Å². The van der Waals surface area contributed by atoms with Gasteiger partial charge in [-0.3, -0.25) is 9.59 Å². The number of esters is 4. The van der Waals surface area contributed by atoms with E-state index < -0.39 is 46.9 Å². The summed E-state index contributed by atoms with van der Waals surface area (Å²) >= 11 is 0. The number of hydrogen-bond donors (Lipinski definition) is 0. The first-order chi connectivity index (χ1) is 21.7. The summed E-state index contributed by atoms with van der Waals surface area (Å²) in [5.74, 6) is -4.41. The van der Waals surface area contributed by atoms with Crippen molar-refractivity contribution in [1.82, 2.24) is 0 Å². The maximum Gasteiger partial charge on any atom is 0.333 e. The highest BCUT2D eigenvalue weighted by atomic mass is 16.6. The van der Waals surface area contributed by atoms with Crippen molar-refractivity contribution in [3.05, 3.63) is 95.1 Å². The van der Waals surface area contributed by atoms with E-state index in [1.54, 1.807) is 13.8 Å². The molecule has 2 unspecified atom stereocenters. The van der Waals surface area contributed by atoms with Crippen molar-refractivity contribution in [1.29, 1.82) is 0 Å². The Morgan fingerprint density at radius 2 is 0.956 bits per heavy atom. The molecule has 4 aliphatic rings. The van der Waals surface area contributed by atoms with Gasteiger partial charge in [0.05, 0.1) is 39.6 Å². The monoisotopic (exact) mass is 620 g/mol. The first-order valence-electron chi connectivity index (χ1n) is 14.7. The van der Waals surface area contributed by atoms with Gasteiger partial charge in [-0.25, -0.2) is 9.59 Å². The third-order valence-electron chi connectivity index (χ3n) is 8.11. The fourth-order valence-electron chi connectivity index (χ4n) is 6.37. The maximum absolute atomic E-state index is 13.5. The molecule has 2 aromatic carbocycles. The fraction of sp³-hybridized carbons (Fsp3) is 0.412. The number of benzene rings is 2. The standard InChI is InChI=1S/C34H36O11/c1-21(2)29(35)41-17-13-39-15-19-43-33-23-9-5-7-11-25(23)34(26-12-8-6-10-24(26)33,28-27(33)31(37)45-32(28)38)44-20-16-40-14-18-42-30(36)22(3)4/h5-12,27-28H,1,3,13-20H2,2,4H3. The smallest absolute Gasteiger partial charge is 0.333 e. The second-order valence-corrected chi connectivity index (χ2v) is 11.0. The van der Waals surface area contributed by atoms with Gasteiger partial charge in [0.2, 0.25) is 0 Å².